The van der Waals surface area contributed by atoms with Gasteiger partial charge >= 0.3 is 0 Å². The Kier molecular flexibility index (Phi) is 4.56. The summed E-state index contributed by atoms with van der Waals surface area (Å²) in [5.74, 6) is -0.200. The topological polar surface area (TPSA) is 94.2 Å². The fraction of sp³-hybridized carbons (Fsp3) is 0.211. The quantitative estimate of drug-likeness (QED) is 0.566. The van der Waals surface area contributed by atoms with Gasteiger partial charge in [0, 0.05) is 24.7 Å². The van der Waals surface area contributed by atoms with Gasteiger partial charge in [-0.15, -0.1) is 10.2 Å². The van der Waals surface area contributed by atoms with Crippen molar-refractivity contribution in [3.63, 3.8) is 0 Å². The molecule has 4 rings (SSSR count). The van der Waals surface area contributed by atoms with Crippen molar-refractivity contribution in [3.8, 4) is 0 Å². The summed E-state index contributed by atoms with van der Waals surface area (Å²) >= 11 is 0. The number of hydrogen-bond acceptors (Lipinski definition) is 5. The van der Waals surface area contributed by atoms with Crippen LogP contribution in [0.15, 0.2) is 47.4 Å². The van der Waals surface area contributed by atoms with Gasteiger partial charge in [0.05, 0.1) is 5.52 Å². The van der Waals surface area contributed by atoms with Crippen molar-refractivity contribution in [2.45, 2.75) is 26.4 Å². The molecule has 0 unspecified atom stereocenters. The molecule has 0 atom stereocenters. The molecule has 4 aromatic rings. The van der Waals surface area contributed by atoms with Gasteiger partial charge in [0.25, 0.3) is 5.56 Å². The third-order valence-corrected chi connectivity index (χ3v) is 4.49. The van der Waals surface area contributed by atoms with Gasteiger partial charge in [-0.05, 0) is 18.2 Å². The number of aromatic nitrogens is 5. The molecule has 0 spiro atoms. The Labute approximate surface area is 158 Å². The Morgan fingerprint density at radius 2 is 1.96 bits per heavy atom. The third kappa shape index (κ3) is 3.00. The van der Waals surface area contributed by atoms with Crippen molar-refractivity contribution in [2.75, 3.05) is 0 Å². The smallest absolute Gasteiger partial charge is 0.297 e. The Bertz CT molecular complexity index is 1250. The van der Waals surface area contributed by atoms with E-state index in [-0.39, 0.29) is 18.7 Å². The summed E-state index contributed by atoms with van der Waals surface area (Å²) in [5.41, 5.74) is 1.05. The molecule has 0 fully saturated rings. The second-order valence-electron chi connectivity index (χ2n) is 6.23. The summed E-state index contributed by atoms with van der Waals surface area (Å²) in [6, 6.07) is 9.60. The van der Waals surface area contributed by atoms with E-state index >= 15 is 0 Å². The summed E-state index contributed by atoms with van der Waals surface area (Å²) in [6.45, 7) is 1.71. The number of nitrogens with one attached hydrogen (secondary N) is 1. The number of nitrogens with zero attached hydrogens (tertiary/aromatic N) is 5. The van der Waals surface area contributed by atoms with Crippen LogP contribution in [0.4, 0.5) is 4.39 Å². The highest BCUT2D eigenvalue weighted by Crippen LogP contribution is 2.13. The molecule has 3 aromatic heterocycles. The standard InChI is InChI=1S/C19H17FN6O2/c1-2-15-23-24-18-19(28)25(14-8-5-9-21-17(14)26(15)18)11-16(27)22-10-12-6-3-4-7-13(12)20/h3-9H,2,10-11H2,1H3,(H,22,27). The molecule has 0 aliphatic rings. The van der Waals surface area contributed by atoms with Gasteiger partial charge in [0.2, 0.25) is 11.6 Å². The number of aryl methyl sites for hydroxylation is 1. The van der Waals surface area contributed by atoms with Crippen LogP contribution in [-0.2, 0) is 24.3 Å². The van der Waals surface area contributed by atoms with Crippen LogP contribution in [0.5, 0.6) is 0 Å². The molecule has 0 radical (unpaired) electrons. The number of pyridine rings is 1. The minimum atomic E-state index is -0.436. The molecular weight excluding hydrogens is 363 g/mol. The highest BCUT2D eigenvalue weighted by molar-refractivity contribution is 5.80. The van der Waals surface area contributed by atoms with Crippen LogP contribution in [-0.4, -0.2) is 30.1 Å². The van der Waals surface area contributed by atoms with Crippen molar-refractivity contribution in [1.29, 1.82) is 0 Å². The maximum absolute atomic E-state index is 13.7. The summed E-state index contributed by atoms with van der Waals surface area (Å²) in [5, 5.41) is 10.7. The average molecular weight is 380 g/mol. The second-order valence-corrected chi connectivity index (χ2v) is 6.23. The van der Waals surface area contributed by atoms with Crippen LogP contribution >= 0.6 is 0 Å². The summed E-state index contributed by atoms with van der Waals surface area (Å²) < 4.78 is 16.6. The van der Waals surface area contributed by atoms with Crippen LogP contribution in [0.3, 0.4) is 0 Å². The molecule has 28 heavy (non-hydrogen) atoms. The first kappa shape index (κ1) is 17.8. The van der Waals surface area contributed by atoms with E-state index < -0.39 is 17.3 Å². The number of halogens is 1. The van der Waals surface area contributed by atoms with E-state index in [4.69, 9.17) is 0 Å². The number of fused-ring (bicyclic) bond motifs is 3. The lowest BCUT2D eigenvalue weighted by Gasteiger charge is -2.12. The van der Waals surface area contributed by atoms with Crippen LogP contribution in [0, 0.1) is 5.82 Å². The zero-order valence-corrected chi connectivity index (χ0v) is 15.1. The SMILES string of the molecule is CCc1nnc2c(=O)n(CC(=O)NCc3ccccc3F)c3cccnc3n12. The molecule has 142 valence electrons. The third-order valence-electron chi connectivity index (χ3n) is 4.49. The van der Waals surface area contributed by atoms with E-state index in [2.05, 4.69) is 20.5 Å². The van der Waals surface area contributed by atoms with Crippen LogP contribution in [0.25, 0.3) is 16.8 Å². The fourth-order valence-corrected chi connectivity index (χ4v) is 3.10. The van der Waals surface area contributed by atoms with Gasteiger partial charge in [-0.3, -0.25) is 18.6 Å². The lowest BCUT2D eigenvalue weighted by Crippen LogP contribution is -2.33. The molecule has 0 bridgehead atoms. The number of carbonyl (C=O) groups excluding carboxylic acids is 1. The van der Waals surface area contributed by atoms with E-state index in [1.807, 2.05) is 6.92 Å². The van der Waals surface area contributed by atoms with E-state index in [1.165, 1.54) is 10.6 Å². The van der Waals surface area contributed by atoms with Crippen molar-refractivity contribution >= 4 is 22.7 Å². The molecule has 0 saturated heterocycles. The zero-order valence-electron chi connectivity index (χ0n) is 15.1. The molecule has 8 nitrogen and oxygen atoms in total. The number of rotatable bonds is 5. The number of benzene rings is 1. The Hall–Kier alpha value is -3.62. The molecular formula is C19H17FN6O2. The first-order valence-electron chi connectivity index (χ1n) is 8.81. The first-order chi connectivity index (χ1) is 13.6. The van der Waals surface area contributed by atoms with Gasteiger partial charge in [-0.1, -0.05) is 25.1 Å². The van der Waals surface area contributed by atoms with Crippen LogP contribution < -0.4 is 10.9 Å². The Morgan fingerprint density at radius 3 is 2.75 bits per heavy atom. The van der Waals surface area contributed by atoms with Crippen molar-refractivity contribution in [3.05, 3.63) is 70.2 Å². The monoisotopic (exact) mass is 380 g/mol. The lowest BCUT2D eigenvalue weighted by molar-refractivity contribution is -0.121. The van der Waals surface area contributed by atoms with Gasteiger partial charge in [-0.2, -0.15) is 0 Å². The minimum Gasteiger partial charge on any atom is -0.350 e. The molecule has 1 aromatic carbocycles. The predicted octanol–water partition coefficient (Wildman–Crippen LogP) is 1.46. The second kappa shape index (κ2) is 7.18. The zero-order chi connectivity index (χ0) is 19.7. The van der Waals surface area contributed by atoms with Crippen molar-refractivity contribution in [1.82, 2.24) is 29.5 Å². The molecule has 0 aliphatic heterocycles. The molecule has 0 aliphatic carbocycles. The summed E-state index contributed by atoms with van der Waals surface area (Å²) in [4.78, 5) is 29.7. The highest BCUT2D eigenvalue weighted by atomic mass is 19.1. The van der Waals surface area contributed by atoms with E-state index in [0.29, 0.717) is 29.0 Å². The Morgan fingerprint density at radius 1 is 1.14 bits per heavy atom. The van der Waals surface area contributed by atoms with Gasteiger partial charge in [0.1, 0.15) is 18.2 Å². The van der Waals surface area contributed by atoms with E-state index in [0.717, 1.165) is 0 Å². The van der Waals surface area contributed by atoms with Crippen LogP contribution in [0.2, 0.25) is 0 Å². The van der Waals surface area contributed by atoms with Gasteiger partial charge in [-0.25, -0.2) is 9.37 Å². The highest BCUT2D eigenvalue weighted by Gasteiger charge is 2.18. The molecule has 3 heterocycles. The first-order valence-corrected chi connectivity index (χ1v) is 8.81. The van der Waals surface area contributed by atoms with Gasteiger partial charge in [0.15, 0.2) is 5.65 Å². The molecule has 0 saturated carbocycles. The lowest BCUT2D eigenvalue weighted by atomic mass is 10.2. The number of hydrogen-bond donors (Lipinski definition) is 1. The average Bonchev–Trinajstić information content (AvgIpc) is 3.15. The summed E-state index contributed by atoms with van der Waals surface area (Å²) in [6.07, 6.45) is 2.19. The van der Waals surface area contributed by atoms with Crippen molar-refractivity contribution < 1.29 is 9.18 Å². The number of carbonyl (C=O) groups is 1. The molecule has 9 heteroatoms. The van der Waals surface area contributed by atoms with E-state index in [9.17, 15) is 14.0 Å². The minimum absolute atomic E-state index is 0.0313. The maximum atomic E-state index is 13.7. The van der Waals surface area contributed by atoms with Gasteiger partial charge < -0.3 is 5.32 Å². The largest absolute Gasteiger partial charge is 0.350 e. The maximum Gasteiger partial charge on any atom is 0.297 e. The van der Waals surface area contributed by atoms with Crippen molar-refractivity contribution in [2.24, 2.45) is 0 Å². The normalized spacial score (nSPS) is 11.2. The Balaban J connectivity index is 1.70. The van der Waals surface area contributed by atoms with Crippen LogP contribution in [0.1, 0.15) is 18.3 Å². The van der Waals surface area contributed by atoms with E-state index in [1.54, 1.807) is 40.9 Å². The number of amides is 1. The fourth-order valence-electron chi connectivity index (χ4n) is 3.10. The molecule has 1 amide bonds. The predicted molar refractivity (Wildman–Crippen MR) is 100 cm³/mol. The molecule has 1 N–H and O–H groups in total. The summed E-state index contributed by atoms with van der Waals surface area (Å²) in [7, 11) is 0.